The van der Waals surface area contributed by atoms with E-state index in [1.807, 2.05) is 13.0 Å². The van der Waals surface area contributed by atoms with E-state index in [4.69, 9.17) is 4.52 Å². The SMILES string of the molecule is CCCC=Cc1onc(C)c1[N+](=O)[O-]. The fourth-order valence-electron chi connectivity index (χ4n) is 1.07. The molecule has 1 heterocycles. The number of nitrogens with zero attached hydrogens (tertiary/aromatic N) is 2. The summed E-state index contributed by atoms with van der Waals surface area (Å²) in [7, 11) is 0. The van der Waals surface area contributed by atoms with Crippen LogP contribution in [-0.4, -0.2) is 10.1 Å². The first-order valence-corrected chi connectivity index (χ1v) is 4.44. The van der Waals surface area contributed by atoms with Gasteiger partial charge in [-0.25, -0.2) is 0 Å². The number of rotatable bonds is 4. The molecule has 0 N–H and O–H groups in total. The minimum absolute atomic E-state index is 0.0441. The van der Waals surface area contributed by atoms with Crippen LogP contribution in [-0.2, 0) is 0 Å². The summed E-state index contributed by atoms with van der Waals surface area (Å²) >= 11 is 0. The Morgan fingerprint density at radius 2 is 2.36 bits per heavy atom. The maximum absolute atomic E-state index is 10.6. The molecule has 0 bridgehead atoms. The molecule has 5 heteroatoms. The summed E-state index contributed by atoms with van der Waals surface area (Å²) in [4.78, 5) is 10.1. The van der Waals surface area contributed by atoms with Crippen LogP contribution < -0.4 is 0 Å². The number of allylic oxidation sites excluding steroid dienone is 1. The van der Waals surface area contributed by atoms with Gasteiger partial charge < -0.3 is 4.52 Å². The van der Waals surface area contributed by atoms with Crippen molar-refractivity contribution in [1.82, 2.24) is 5.16 Å². The fourth-order valence-corrected chi connectivity index (χ4v) is 1.07. The van der Waals surface area contributed by atoms with Crippen LogP contribution >= 0.6 is 0 Å². The van der Waals surface area contributed by atoms with E-state index in [1.54, 1.807) is 13.0 Å². The lowest BCUT2D eigenvalue weighted by molar-refractivity contribution is -0.386. The molecule has 5 nitrogen and oxygen atoms in total. The molecule has 0 aliphatic carbocycles. The molecular formula is C9H12N2O3. The first-order chi connectivity index (χ1) is 6.66. The highest BCUT2D eigenvalue weighted by atomic mass is 16.6. The second-order valence-electron chi connectivity index (χ2n) is 2.93. The molecule has 0 saturated heterocycles. The van der Waals surface area contributed by atoms with Gasteiger partial charge in [-0.2, -0.15) is 0 Å². The van der Waals surface area contributed by atoms with Crippen molar-refractivity contribution in [2.45, 2.75) is 26.7 Å². The third-order valence-corrected chi connectivity index (χ3v) is 1.76. The molecule has 0 amide bonds. The molecule has 0 saturated carbocycles. The van der Waals surface area contributed by atoms with E-state index >= 15 is 0 Å². The molecule has 0 aliphatic heterocycles. The minimum Gasteiger partial charge on any atom is -0.349 e. The summed E-state index contributed by atoms with van der Waals surface area (Å²) in [5.41, 5.74) is 0.267. The molecule has 1 rings (SSSR count). The molecule has 76 valence electrons. The van der Waals surface area contributed by atoms with E-state index in [0.29, 0.717) is 5.69 Å². The van der Waals surface area contributed by atoms with E-state index in [9.17, 15) is 10.1 Å². The van der Waals surface area contributed by atoms with Crippen LogP contribution in [0.2, 0.25) is 0 Å². The van der Waals surface area contributed by atoms with E-state index in [2.05, 4.69) is 5.16 Å². The van der Waals surface area contributed by atoms with Crippen LogP contribution in [0.5, 0.6) is 0 Å². The zero-order valence-electron chi connectivity index (χ0n) is 8.19. The maximum atomic E-state index is 10.6. The molecular weight excluding hydrogens is 184 g/mol. The standard InChI is InChI=1S/C9H12N2O3/c1-3-4-5-6-8-9(11(12)13)7(2)10-14-8/h5-6H,3-4H2,1-2H3. The number of aromatic nitrogens is 1. The third-order valence-electron chi connectivity index (χ3n) is 1.76. The van der Waals surface area contributed by atoms with Crippen LogP contribution in [0.4, 0.5) is 5.69 Å². The lowest BCUT2D eigenvalue weighted by Gasteiger charge is -1.87. The Morgan fingerprint density at radius 3 is 2.93 bits per heavy atom. The van der Waals surface area contributed by atoms with Crippen LogP contribution in [0.3, 0.4) is 0 Å². The first-order valence-electron chi connectivity index (χ1n) is 4.44. The monoisotopic (exact) mass is 196 g/mol. The zero-order chi connectivity index (χ0) is 10.6. The van der Waals surface area contributed by atoms with Crippen molar-refractivity contribution in [2.24, 2.45) is 0 Å². The first kappa shape index (κ1) is 10.4. The minimum atomic E-state index is -0.475. The average Bonchev–Trinajstić information content (AvgIpc) is 2.47. The van der Waals surface area contributed by atoms with Gasteiger partial charge in [-0.3, -0.25) is 10.1 Å². The highest BCUT2D eigenvalue weighted by Crippen LogP contribution is 2.23. The fraction of sp³-hybridized carbons (Fsp3) is 0.444. The Hall–Kier alpha value is -1.65. The third kappa shape index (κ3) is 2.18. The molecule has 0 aliphatic rings. The Balaban J connectivity index is 2.92. The normalized spacial score (nSPS) is 11.0. The summed E-state index contributed by atoms with van der Waals surface area (Å²) in [5.74, 6) is 0.223. The van der Waals surface area contributed by atoms with Crippen LogP contribution in [0.1, 0.15) is 31.2 Å². The molecule has 1 aromatic rings. The van der Waals surface area contributed by atoms with E-state index < -0.39 is 4.92 Å². The van der Waals surface area contributed by atoms with Crippen LogP contribution in [0.25, 0.3) is 6.08 Å². The Labute approximate surface area is 81.5 Å². The molecule has 0 aromatic carbocycles. The van der Waals surface area contributed by atoms with Gasteiger partial charge in [0.05, 0.1) is 4.92 Å². The van der Waals surface area contributed by atoms with Gasteiger partial charge in [-0.15, -0.1) is 0 Å². The summed E-state index contributed by atoms with van der Waals surface area (Å²) in [6.45, 7) is 3.59. The van der Waals surface area contributed by atoms with Gasteiger partial charge in [0.1, 0.15) is 0 Å². The van der Waals surface area contributed by atoms with Crippen LogP contribution in [0.15, 0.2) is 10.6 Å². The molecule has 0 spiro atoms. The highest BCUT2D eigenvalue weighted by Gasteiger charge is 2.21. The molecule has 0 fully saturated rings. The highest BCUT2D eigenvalue weighted by molar-refractivity contribution is 5.56. The summed E-state index contributed by atoms with van der Waals surface area (Å²) < 4.78 is 4.82. The summed E-state index contributed by atoms with van der Waals surface area (Å²) in [6, 6.07) is 0. The molecule has 0 atom stereocenters. The number of hydrogen-bond acceptors (Lipinski definition) is 4. The second-order valence-corrected chi connectivity index (χ2v) is 2.93. The molecule has 0 unspecified atom stereocenters. The van der Waals surface area contributed by atoms with Crippen molar-refractivity contribution in [1.29, 1.82) is 0 Å². The van der Waals surface area contributed by atoms with Crippen molar-refractivity contribution in [2.75, 3.05) is 0 Å². The van der Waals surface area contributed by atoms with Gasteiger partial charge in [-0.1, -0.05) is 24.6 Å². The van der Waals surface area contributed by atoms with Gasteiger partial charge >= 0.3 is 5.69 Å². The molecule has 0 radical (unpaired) electrons. The Bertz CT molecular complexity index is 355. The van der Waals surface area contributed by atoms with E-state index in [0.717, 1.165) is 12.8 Å². The number of hydrogen-bond donors (Lipinski definition) is 0. The van der Waals surface area contributed by atoms with Crippen molar-refractivity contribution in [3.8, 4) is 0 Å². The smallest absolute Gasteiger partial charge is 0.338 e. The van der Waals surface area contributed by atoms with E-state index in [-0.39, 0.29) is 11.4 Å². The summed E-state index contributed by atoms with van der Waals surface area (Å²) in [5, 5.41) is 14.2. The molecule has 14 heavy (non-hydrogen) atoms. The quantitative estimate of drug-likeness (QED) is 0.548. The van der Waals surface area contributed by atoms with Gasteiger partial charge in [0.25, 0.3) is 0 Å². The van der Waals surface area contributed by atoms with Crippen molar-refractivity contribution in [3.63, 3.8) is 0 Å². The number of unbranched alkanes of at least 4 members (excludes halogenated alkanes) is 1. The molecule has 1 aromatic heterocycles. The summed E-state index contributed by atoms with van der Waals surface area (Å²) in [6.07, 6.45) is 5.31. The van der Waals surface area contributed by atoms with Crippen molar-refractivity contribution < 1.29 is 9.45 Å². The Morgan fingerprint density at radius 1 is 1.64 bits per heavy atom. The van der Waals surface area contributed by atoms with Gasteiger partial charge in [0, 0.05) is 0 Å². The second kappa shape index (κ2) is 4.55. The van der Waals surface area contributed by atoms with Crippen LogP contribution in [0, 0.1) is 17.0 Å². The number of nitro groups is 1. The topological polar surface area (TPSA) is 69.2 Å². The maximum Gasteiger partial charge on any atom is 0.338 e. The average molecular weight is 196 g/mol. The van der Waals surface area contributed by atoms with Gasteiger partial charge in [0.2, 0.25) is 5.76 Å². The van der Waals surface area contributed by atoms with Gasteiger partial charge in [0.15, 0.2) is 5.69 Å². The predicted octanol–water partition coefficient (Wildman–Crippen LogP) is 2.70. The largest absolute Gasteiger partial charge is 0.349 e. The van der Waals surface area contributed by atoms with Gasteiger partial charge in [-0.05, 0) is 19.4 Å². The lowest BCUT2D eigenvalue weighted by Crippen LogP contribution is -1.90. The van der Waals surface area contributed by atoms with E-state index in [1.165, 1.54) is 0 Å². The van der Waals surface area contributed by atoms with Crippen molar-refractivity contribution >= 4 is 11.8 Å². The lowest BCUT2D eigenvalue weighted by atomic mass is 10.2. The number of aryl methyl sites for hydroxylation is 1. The Kier molecular flexibility index (Phi) is 3.39. The van der Waals surface area contributed by atoms with Crippen molar-refractivity contribution in [3.05, 3.63) is 27.6 Å². The zero-order valence-corrected chi connectivity index (χ0v) is 8.19. The predicted molar refractivity (Wildman–Crippen MR) is 51.8 cm³/mol.